The molecule has 0 saturated heterocycles. The lowest BCUT2D eigenvalue weighted by atomic mass is 10.1. The van der Waals surface area contributed by atoms with Crippen molar-refractivity contribution in [3.05, 3.63) is 40.7 Å². The lowest BCUT2D eigenvalue weighted by Gasteiger charge is -2.11. The van der Waals surface area contributed by atoms with Crippen LogP contribution in [-0.2, 0) is 6.54 Å². The molecule has 2 rings (SSSR count). The number of hydrogen-bond donors (Lipinski definition) is 1. The highest BCUT2D eigenvalue weighted by Gasteiger charge is 2.11. The van der Waals surface area contributed by atoms with E-state index in [1.807, 2.05) is 25.1 Å². The molecular formula is C16H20ClN3O. The molecule has 0 spiro atoms. The minimum absolute atomic E-state index is 0.411. The van der Waals surface area contributed by atoms with Gasteiger partial charge in [0.25, 0.3) is 0 Å². The predicted molar refractivity (Wildman–Crippen MR) is 85.7 cm³/mol. The molecule has 1 heterocycles. The number of rotatable bonds is 5. The van der Waals surface area contributed by atoms with Gasteiger partial charge in [-0.2, -0.15) is 0 Å². The summed E-state index contributed by atoms with van der Waals surface area (Å²) in [6.45, 7) is 6.89. The first-order valence-corrected chi connectivity index (χ1v) is 7.29. The Bertz CT molecular complexity index is 629. The maximum atomic E-state index is 6.00. The Morgan fingerprint density at radius 2 is 2.00 bits per heavy atom. The van der Waals surface area contributed by atoms with E-state index in [4.69, 9.17) is 16.3 Å². The summed E-state index contributed by atoms with van der Waals surface area (Å²) < 4.78 is 5.38. The number of methoxy groups -OCH3 is 1. The highest BCUT2D eigenvalue weighted by molar-refractivity contribution is 6.30. The van der Waals surface area contributed by atoms with Gasteiger partial charge in [-0.1, -0.05) is 25.4 Å². The minimum atomic E-state index is 0.411. The fourth-order valence-corrected chi connectivity index (χ4v) is 2.17. The van der Waals surface area contributed by atoms with Crippen molar-refractivity contribution in [1.82, 2.24) is 15.3 Å². The SMILES string of the molecule is COc1cc(Cl)ccc1-c1nc(C)cc(CNC(C)C)n1. The van der Waals surface area contributed by atoms with Gasteiger partial charge < -0.3 is 10.1 Å². The Kier molecular flexibility index (Phi) is 5.15. The maximum Gasteiger partial charge on any atom is 0.163 e. The van der Waals surface area contributed by atoms with E-state index in [1.54, 1.807) is 13.2 Å². The minimum Gasteiger partial charge on any atom is -0.496 e. The smallest absolute Gasteiger partial charge is 0.163 e. The van der Waals surface area contributed by atoms with Crippen LogP contribution in [0.4, 0.5) is 0 Å². The summed E-state index contributed by atoms with van der Waals surface area (Å²) in [4.78, 5) is 9.12. The average molecular weight is 306 g/mol. The van der Waals surface area contributed by atoms with Crippen molar-refractivity contribution in [1.29, 1.82) is 0 Å². The normalized spacial score (nSPS) is 11.0. The van der Waals surface area contributed by atoms with Gasteiger partial charge in [-0.05, 0) is 31.2 Å². The Morgan fingerprint density at radius 3 is 2.67 bits per heavy atom. The molecule has 1 aromatic heterocycles. The molecule has 0 unspecified atom stereocenters. The van der Waals surface area contributed by atoms with Crippen molar-refractivity contribution in [2.75, 3.05) is 7.11 Å². The van der Waals surface area contributed by atoms with Crippen LogP contribution >= 0.6 is 11.6 Å². The Labute approximate surface area is 130 Å². The number of aryl methyl sites for hydroxylation is 1. The van der Waals surface area contributed by atoms with Gasteiger partial charge in [0, 0.05) is 23.3 Å². The van der Waals surface area contributed by atoms with Crippen LogP contribution in [0, 0.1) is 6.92 Å². The van der Waals surface area contributed by atoms with E-state index in [2.05, 4.69) is 29.1 Å². The van der Waals surface area contributed by atoms with Crippen molar-refractivity contribution >= 4 is 11.6 Å². The molecule has 0 saturated carbocycles. The largest absolute Gasteiger partial charge is 0.496 e. The second kappa shape index (κ2) is 6.87. The number of hydrogen-bond acceptors (Lipinski definition) is 4. The van der Waals surface area contributed by atoms with Crippen LogP contribution in [0.1, 0.15) is 25.2 Å². The quantitative estimate of drug-likeness (QED) is 0.916. The molecule has 0 bridgehead atoms. The molecule has 0 aliphatic carbocycles. The van der Waals surface area contributed by atoms with E-state index >= 15 is 0 Å². The molecule has 0 aliphatic rings. The fraction of sp³-hybridized carbons (Fsp3) is 0.375. The molecule has 0 amide bonds. The molecule has 1 N–H and O–H groups in total. The first-order chi connectivity index (χ1) is 9.99. The Hall–Kier alpha value is -1.65. The number of nitrogens with one attached hydrogen (secondary N) is 1. The molecule has 2 aromatic rings. The topological polar surface area (TPSA) is 47.0 Å². The molecule has 0 radical (unpaired) electrons. The molecule has 5 heteroatoms. The molecular weight excluding hydrogens is 286 g/mol. The van der Waals surface area contributed by atoms with Crippen molar-refractivity contribution in [2.24, 2.45) is 0 Å². The summed E-state index contributed by atoms with van der Waals surface area (Å²) in [6, 6.07) is 7.87. The van der Waals surface area contributed by atoms with Gasteiger partial charge in [-0.15, -0.1) is 0 Å². The molecule has 0 fully saturated rings. The zero-order valence-electron chi connectivity index (χ0n) is 12.8. The molecule has 21 heavy (non-hydrogen) atoms. The van der Waals surface area contributed by atoms with Gasteiger partial charge in [0.1, 0.15) is 5.75 Å². The standard InChI is InChI=1S/C16H20ClN3O/c1-10(2)18-9-13-7-11(3)19-16(20-13)14-6-5-12(17)8-15(14)21-4/h5-8,10,18H,9H2,1-4H3. The van der Waals surface area contributed by atoms with Gasteiger partial charge in [0.15, 0.2) is 5.82 Å². The van der Waals surface area contributed by atoms with Crippen LogP contribution < -0.4 is 10.1 Å². The monoisotopic (exact) mass is 305 g/mol. The lowest BCUT2D eigenvalue weighted by molar-refractivity contribution is 0.416. The van der Waals surface area contributed by atoms with E-state index in [0.717, 1.165) is 17.0 Å². The number of nitrogens with zero attached hydrogens (tertiary/aromatic N) is 2. The predicted octanol–water partition coefficient (Wildman–Crippen LogP) is 3.61. The van der Waals surface area contributed by atoms with Crippen LogP contribution in [0.3, 0.4) is 0 Å². The van der Waals surface area contributed by atoms with Crippen LogP contribution in [-0.4, -0.2) is 23.1 Å². The molecule has 1 aromatic carbocycles. The van der Waals surface area contributed by atoms with Gasteiger partial charge in [0.2, 0.25) is 0 Å². The molecule has 0 atom stereocenters. The van der Waals surface area contributed by atoms with Gasteiger partial charge in [-0.25, -0.2) is 9.97 Å². The third-order valence-corrected chi connectivity index (χ3v) is 3.24. The third-order valence-electron chi connectivity index (χ3n) is 3.00. The second-order valence-corrected chi connectivity index (χ2v) is 5.64. The van der Waals surface area contributed by atoms with Crippen molar-refractivity contribution < 1.29 is 4.74 Å². The molecule has 112 valence electrons. The van der Waals surface area contributed by atoms with Crippen LogP contribution in [0.2, 0.25) is 5.02 Å². The number of aromatic nitrogens is 2. The zero-order chi connectivity index (χ0) is 15.4. The first-order valence-electron chi connectivity index (χ1n) is 6.91. The van der Waals surface area contributed by atoms with Crippen LogP contribution in [0.5, 0.6) is 5.75 Å². The van der Waals surface area contributed by atoms with Crippen molar-refractivity contribution in [3.63, 3.8) is 0 Å². The summed E-state index contributed by atoms with van der Waals surface area (Å²) in [7, 11) is 1.62. The summed E-state index contributed by atoms with van der Waals surface area (Å²) in [5.41, 5.74) is 2.73. The highest BCUT2D eigenvalue weighted by Crippen LogP contribution is 2.30. The second-order valence-electron chi connectivity index (χ2n) is 5.20. The fourth-order valence-electron chi connectivity index (χ4n) is 2.00. The van der Waals surface area contributed by atoms with Crippen LogP contribution in [0.15, 0.2) is 24.3 Å². The van der Waals surface area contributed by atoms with Crippen LogP contribution in [0.25, 0.3) is 11.4 Å². The third kappa shape index (κ3) is 4.16. The van der Waals surface area contributed by atoms with E-state index < -0.39 is 0 Å². The molecule has 0 aliphatic heterocycles. The Morgan fingerprint density at radius 1 is 1.24 bits per heavy atom. The summed E-state index contributed by atoms with van der Waals surface area (Å²) in [5.74, 6) is 1.33. The average Bonchev–Trinajstić information content (AvgIpc) is 2.44. The number of halogens is 1. The van der Waals surface area contributed by atoms with Gasteiger partial charge in [0.05, 0.1) is 18.4 Å². The van der Waals surface area contributed by atoms with E-state index in [0.29, 0.717) is 29.2 Å². The van der Waals surface area contributed by atoms with E-state index in [9.17, 15) is 0 Å². The van der Waals surface area contributed by atoms with Crippen molar-refractivity contribution in [3.8, 4) is 17.1 Å². The van der Waals surface area contributed by atoms with E-state index in [1.165, 1.54) is 0 Å². The van der Waals surface area contributed by atoms with E-state index in [-0.39, 0.29) is 0 Å². The summed E-state index contributed by atoms with van der Waals surface area (Å²) in [6.07, 6.45) is 0. The lowest BCUT2D eigenvalue weighted by Crippen LogP contribution is -2.22. The summed E-state index contributed by atoms with van der Waals surface area (Å²) in [5, 5.41) is 3.99. The molecule has 4 nitrogen and oxygen atoms in total. The maximum absolute atomic E-state index is 6.00. The number of benzene rings is 1. The first kappa shape index (κ1) is 15.7. The van der Waals surface area contributed by atoms with Gasteiger partial charge in [-0.3, -0.25) is 0 Å². The number of ether oxygens (including phenoxy) is 1. The summed E-state index contributed by atoms with van der Waals surface area (Å²) >= 11 is 6.00. The Balaban J connectivity index is 2.39. The van der Waals surface area contributed by atoms with Crippen molar-refractivity contribution in [2.45, 2.75) is 33.4 Å². The highest BCUT2D eigenvalue weighted by atomic mass is 35.5. The zero-order valence-corrected chi connectivity index (χ0v) is 13.5. The van der Waals surface area contributed by atoms with Gasteiger partial charge >= 0.3 is 0 Å².